The molecule has 4 heteroatoms. The Hall–Kier alpha value is -1.55. The van der Waals surface area contributed by atoms with E-state index >= 15 is 0 Å². The first-order chi connectivity index (χ1) is 9.10. The summed E-state index contributed by atoms with van der Waals surface area (Å²) >= 11 is 3.39. The highest BCUT2D eigenvalue weighted by Gasteiger charge is 2.13. The maximum absolute atomic E-state index is 12.2. The van der Waals surface area contributed by atoms with Gasteiger partial charge in [-0.2, -0.15) is 0 Å². The van der Waals surface area contributed by atoms with Crippen molar-refractivity contribution in [3.8, 4) is 0 Å². The van der Waals surface area contributed by atoms with Gasteiger partial charge in [0.2, 0.25) is 0 Å². The highest BCUT2D eigenvalue weighted by atomic mass is 79.9. The van der Waals surface area contributed by atoms with Crippen LogP contribution in [0, 0.1) is 6.92 Å². The van der Waals surface area contributed by atoms with Crippen LogP contribution in [0.1, 0.15) is 27.4 Å². The molecule has 1 aromatic heterocycles. The normalized spacial score (nSPS) is 10.5. The minimum atomic E-state index is -0.00447. The van der Waals surface area contributed by atoms with Gasteiger partial charge in [0.15, 0.2) is 0 Å². The van der Waals surface area contributed by atoms with Gasteiger partial charge in [-0.05, 0) is 36.8 Å². The Morgan fingerprint density at radius 1 is 1.21 bits per heavy atom. The largest absolute Gasteiger partial charge is 0.464 e. The van der Waals surface area contributed by atoms with E-state index in [0.717, 1.165) is 22.4 Å². The summed E-state index contributed by atoms with van der Waals surface area (Å²) in [7, 11) is 1.78. The fourth-order valence-corrected chi connectivity index (χ4v) is 2.21. The van der Waals surface area contributed by atoms with Gasteiger partial charge in [0.1, 0.15) is 11.5 Å². The molecule has 0 aliphatic carbocycles. The van der Waals surface area contributed by atoms with E-state index in [9.17, 15) is 4.79 Å². The number of furan rings is 1. The average molecular weight is 322 g/mol. The molecule has 1 heterocycles. The lowest BCUT2D eigenvalue weighted by molar-refractivity contribution is 0.0775. The molecular formula is C15H16BrNO2. The second-order valence-electron chi connectivity index (χ2n) is 4.50. The minimum absolute atomic E-state index is 0.00447. The molecule has 0 atom stereocenters. The van der Waals surface area contributed by atoms with Crippen molar-refractivity contribution in [1.29, 1.82) is 0 Å². The van der Waals surface area contributed by atoms with E-state index in [1.54, 1.807) is 11.9 Å². The Morgan fingerprint density at radius 3 is 2.42 bits per heavy atom. The third-order valence-corrected chi connectivity index (χ3v) is 3.54. The number of halogens is 1. The minimum Gasteiger partial charge on any atom is -0.464 e. The molecule has 0 saturated carbocycles. The fourth-order valence-electron chi connectivity index (χ4n) is 1.83. The molecule has 1 aromatic carbocycles. The van der Waals surface area contributed by atoms with Crippen molar-refractivity contribution in [2.45, 2.75) is 18.8 Å². The molecule has 1 amide bonds. The van der Waals surface area contributed by atoms with Crippen LogP contribution in [0.5, 0.6) is 0 Å². The third kappa shape index (κ3) is 3.47. The lowest BCUT2D eigenvalue weighted by Gasteiger charge is -2.15. The van der Waals surface area contributed by atoms with E-state index in [0.29, 0.717) is 12.1 Å². The van der Waals surface area contributed by atoms with Crippen LogP contribution in [0.4, 0.5) is 0 Å². The first-order valence-corrected chi connectivity index (χ1v) is 7.18. The molecule has 2 rings (SSSR count). The van der Waals surface area contributed by atoms with E-state index in [1.165, 1.54) is 0 Å². The fraction of sp³-hybridized carbons (Fsp3) is 0.267. The molecule has 0 N–H and O–H groups in total. The molecule has 0 fully saturated rings. The van der Waals surface area contributed by atoms with E-state index in [1.807, 2.05) is 43.3 Å². The number of hydrogen-bond acceptors (Lipinski definition) is 2. The molecule has 2 aromatic rings. The van der Waals surface area contributed by atoms with Crippen LogP contribution in [-0.4, -0.2) is 17.9 Å². The van der Waals surface area contributed by atoms with Gasteiger partial charge >= 0.3 is 0 Å². The molecule has 100 valence electrons. The Bertz CT molecular complexity index is 560. The Labute approximate surface area is 121 Å². The van der Waals surface area contributed by atoms with E-state index in [4.69, 9.17) is 4.42 Å². The molecule has 19 heavy (non-hydrogen) atoms. The predicted octanol–water partition coefficient (Wildman–Crippen LogP) is 3.76. The summed E-state index contributed by atoms with van der Waals surface area (Å²) in [5.74, 6) is 1.65. The summed E-state index contributed by atoms with van der Waals surface area (Å²) in [5, 5.41) is 0.795. The monoisotopic (exact) mass is 321 g/mol. The number of hydrogen-bond donors (Lipinski definition) is 0. The van der Waals surface area contributed by atoms with Crippen molar-refractivity contribution >= 4 is 21.8 Å². The van der Waals surface area contributed by atoms with Gasteiger partial charge in [-0.25, -0.2) is 0 Å². The summed E-state index contributed by atoms with van der Waals surface area (Å²) in [6.45, 7) is 2.37. The molecule has 0 bridgehead atoms. The summed E-state index contributed by atoms with van der Waals surface area (Å²) < 4.78 is 5.48. The molecule has 0 aliphatic heterocycles. The SMILES string of the molecule is Cc1ccc(CN(C)C(=O)c2ccc(CBr)cc2)o1. The van der Waals surface area contributed by atoms with Gasteiger partial charge in [-0.1, -0.05) is 28.1 Å². The van der Waals surface area contributed by atoms with Crippen molar-refractivity contribution in [1.82, 2.24) is 4.90 Å². The zero-order valence-electron chi connectivity index (χ0n) is 11.0. The molecule has 0 aliphatic rings. The van der Waals surface area contributed by atoms with Crippen LogP contribution in [0.2, 0.25) is 0 Å². The third-order valence-electron chi connectivity index (χ3n) is 2.89. The number of alkyl halides is 1. The van der Waals surface area contributed by atoms with Crippen molar-refractivity contribution in [2.24, 2.45) is 0 Å². The van der Waals surface area contributed by atoms with Crippen LogP contribution in [0.15, 0.2) is 40.8 Å². The van der Waals surface area contributed by atoms with Crippen LogP contribution in [0.3, 0.4) is 0 Å². The van der Waals surface area contributed by atoms with Crippen molar-refractivity contribution < 1.29 is 9.21 Å². The number of carbonyl (C=O) groups excluding carboxylic acids is 1. The lowest BCUT2D eigenvalue weighted by Crippen LogP contribution is -2.25. The first-order valence-electron chi connectivity index (χ1n) is 6.06. The second-order valence-corrected chi connectivity index (χ2v) is 5.06. The number of aryl methyl sites for hydroxylation is 1. The smallest absolute Gasteiger partial charge is 0.254 e. The predicted molar refractivity (Wildman–Crippen MR) is 78.3 cm³/mol. The van der Waals surface area contributed by atoms with Crippen molar-refractivity contribution in [3.05, 3.63) is 59.0 Å². The maximum atomic E-state index is 12.2. The van der Waals surface area contributed by atoms with Crippen LogP contribution in [-0.2, 0) is 11.9 Å². The molecular weight excluding hydrogens is 306 g/mol. The van der Waals surface area contributed by atoms with E-state index in [2.05, 4.69) is 15.9 Å². The molecule has 3 nitrogen and oxygen atoms in total. The molecule has 0 saturated heterocycles. The topological polar surface area (TPSA) is 33.5 Å². The lowest BCUT2D eigenvalue weighted by atomic mass is 10.1. The van der Waals surface area contributed by atoms with Gasteiger partial charge in [0, 0.05) is 17.9 Å². The van der Waals surface area contributed by atoms with Gasteiger partial charge in [-0.15, -0.1) is 0 Å². The zero-order chi connectivity index (χ0) is 13.8. The van der Waals surface area contributed by atoms with Crippen molar-refractivity contribution in [2.75, 3.05) is 7.05 Å². The van der Waals surface area contributed by atoms with Crippen molar-refractivity contribution in [3.63, 3.8) is 0 Å². The second kappa shape index (κ2) is 6.06. The van der Waals surface area contributed by atoms with Crippen LogP contribution in [0.25, 0.3) is 0 Å². The first kappa shape index (κ1) is 13.9. The number of carbonyl (C=O) groups is 1. The summed E-state index contributed by atoms with van der Waals surface area (Å²) in [6.07, 6.45) is 0. The number of amides is 1. The van der Waals surface area contributed by atoms with E-state index < -0.39 is 0 Å². The van der Waals surface area contributed by atoms with Gasteiger partial charge in [-0.3, -0.25) is 4.79 Å². The highest BCUT2D eigenvalue weighted by molar-refractivity contribution is 9.08. The summed E-state index contributed by atoms with van der Waals surface area (Å²) in [4.78, 5) is 13.9. The van der Waals surface area contributed by atoms with Gasteiger partial charge in [0.25, 0.3) is 5.91 Å². The molecule has 0 spiro atoms. The standard InChI is InChI=1S/C15H16BrNO2/c1-11-3-8-14(19-11)10-17(2)15(18)13-6-4-12(9-16)5-7-13/h3-8H,9-10H2,1-2H3. The molecule has 0 radical (unpaired) electrons. The quantitative estimate of drug-likeness (QED) is 0.803. The Morgan fingerprint density at radius 2 is 1.89 bits per heavy atom. The number of rotatable bonds is 4. The maximum Gasteiger partial charge on any atom is 0.254 e. The van der Waals surface area contributed by atoms with Gasteiger partial charge in [0.05, 0.1) is 6.54 Å². The Balaban J connectivity index is 2.05. The summed E-state index contributed by atoms with van der Waals surface area (Å²) in [5.41, 5.74) is 1.84. The van der Waals surface area contributed by atoms with Gasteiger partial charge < -0.3 is 9.32 Å². The van der Waals surface area contributed by atoms with Crippen LogP contribution >= 0.6 is 15.9 Å². The number of nitrogens with zero attached hydrogens (tertiary/aromatic N) is 1. The molecule has 0 unspecified atom stereocenters. The van der Waals surface area contributed by atoms with Crippen LogP contribution < -0.4 is 0 Å². The number of benzene rings is 1. The average Bonchev–Trinajstić information content (AvgIpc) is 2.83. The summed E-state index contributed by atoms with van der Waals surface area (Å²) in [6, 6.07) is 11.4. The van der Waals surface area contributed by atoms with E-state index in [-0.39, 0.29) is 5.91 Å². The highest BCUT2D eigenvalue weighted by Crippen LogP contribution is 2.13. The Kier molecular flexibility index (Phi) is 4.43. The zero-order valence-corrected chi connectivity index (χ0v) is 12.6.